The van der Waals surface area contributed by atoms with Gasteiger partial charge in [-0.2, -0.15) is 5.26 Å². The van der Waals surface area contributed by atoms with Crippen LogP contribution in [0.1, 0.15) is 16.7 Å². The van der Waals surface area contributed by atoms with Crippen LogP contribution in [0.5, 0.6) is 5.75 Å². The molecule has 0 fully saturated rings. The number of hydrogen-bond acceptors (Lipinski definition) is 3. The van der Waals surface area contributed by atoms with Gasteiger partial charge in [-0.1, -0.05) is 35.9 Å². The van der Waals surface area contributed by atoms with E-state index in [2.05, 4.69) is 49.2 Å². The Kier molecular flexibility index (Phi) is 5.36. The van der Waals surface area contributed by atoms with Crippen LogP contribution >= 0.6 is 0 Å². The summed E-state index contributed by atoms with van der Waals surface area (Å²) in [6, 6.07) is 17.9. The molecule has 0 saturated carbocycles. The van der Waals surface area contributed by atoms with E-state index in [1.807, 2.05) is 12.1 Å². The molecule has 3 heteroatoms. The largest absolute Gasteiger partial charge is 0.492 e. The minimum atomic E-state index is 0.608. The molecule has 0 N–H and O–H groups in total. The monoisotopic (exact) mass is 280 g/mol. The van der Waals surface area contributed by atoms with Gasteiger partial charge in [-0.25, -0.2) is 0 Å². The van der Waals surface area contributed by atoms with Crippen LogP contribution < -0.4 is 4.74 Å². The highest BCUT2D eigenvalue weighted by molar-refractivity contribution is 5.36. The van der Waals surface area contributed by atoms with Gasteiger partial charge in [-0.05, 0) is 37.7 Å². The first kappa shape index (κ1) is 15.1. The summed E-state index contributed by atoms with van der Waals surface area (Å²) >= 11 is 0. The summed E-state index contributed by atoms with van der Waals surface area (Å²) in [7, 11) is 2.08. The van der Waals surface area contributed by atoms with Crippen molar-refractivity contribution in [1.82, 2.24) is 4.90 Å². The van der Waals surface area contributed by atoms with Crippen molar-refractivity contribution in [2.45, 2.75) is 13.5 Å². The number of hydrogen-bond donors (Lipinski definition) is 0. The number of benzene rings is 2. The van der Waals surface area contributed by atoms with Crippen molar-refractivity contribution < 1.29 is 4.74 Å². The fourth-order valence-corrected chi connectivity index (χ4v) is 2.06. The summed E-state index contributed by atoms with van der Waals surface area (Å²) in [5, 5.41) is 8.85. The van der Waals surface area contributed by atoms with Crippen molar-refractivity contribution in [3.05, 3.63) is 65.2 Å². The summed E-state index contributed by atoms with van der Waals surface area (Å²) < 4.78 is 5.68. The molecular weight excluding hydrogens is 260 g/mol. The lowest BCUT2D eigenvalue weighted by molar-refractivity contribution is 0.233. The molecule has 0 radical (unpaired) electrons. The minimum absolute atomic E-state index is 0.608. The highest BCUT2D eigenvalue weighted by Gasteiger charge is 2.01. The van der Waals surface area contributed by atoms with Gasteiger partial charge in [-0.3, -0.25) is 4.90 Å². The van der Waals surface area contributed by atoms with Crippen LogP contribution in [0, 0.1) is 18.3 Å². The zero-order valence-corrected chi connectivity index (χ0v) is 12.5. The Morgan fingerprint density at radius 1 is 1.14 bits per heavy atom. The molecule has 0 bridgehead atoms. The van der Waals surface area contributed by atoms with Crippen LogP contribution in [0.15, 0.2) is 48.5 Å². The number of aryl methyl sites for hydroxylation is 1. The summed E-state index contributed by atoms with van der Waals surface area (Å²) in [5.41, 5.74) is 3.21. The van der Waals surface area contributed by atoms with E-state index in [1.54, 1.807) is 12.1 Å². The van der Waals surface area contributed by atoms with Gasteiger partial charge in [0.2, 0.25) is 0 Å². The first-order chi connectivity index (χ1) is 10.2. The molecular formula is C18H20N2O. The van der Waals surface area contributed by atoms with Crippen molar-refractivity contribution in [2.75, 3.05) is 20.2 Å². The average Bonchev–Trinajstić information content (AvgIpc) is 2.50. The Balaban J connectivity index is 1.77. The maximum absolute atomic E-state index is 8.85. The third-order valence-corrected chi connectivity index (χ3v) is 3.28. The molecule has 21 heavy (non-hydrogen) atoms. The predicted octanol–water partition coefficient (Wildman–Crippen LogP) is 3.38. The summed E-state index contributed by atoms with van der Waals surface area (Å²) in [6.07, 6.45) is 0. The lowest BCUT2D eigenvalue weighted by Crippen LogP contribution is -2.23. The smallest absolute Gasteiger partial charge is 0.120 e. The van der Waals surface area contributed by atoms with Gasteiger partial charge in [0, 0.05) is 13.1 Å². The first-order valence-electron chi connectivity index (χ1n) is 7.04. The normalized spacial score (nSPS) is 10.4. The molecule has 0 aliphatic carbocycles. The van der Waals surface area contributed by atoms with Crippen LogP contribution in [-0.4, -0.2) is 25.1 Å². The minimum Gasteiger partial charge on any atom is -0.492 e. The topological polar surface area (TPSA) is 36.3 Å². The Bertz CT molecular complexity index is 614. The zero-order chi connectivity index (χ0) is 15.1. The molecule has 0 heterocycles. The second-order valence-corrected chi connectivity index (χ2v) is 5.21. The van der Waals surface area contributed by atoms with Crippen molar-refractivity contribution in [3.8, 4) is 11.8 Å². The summed E-state index contributed by atoms with van der Waals surface area (Å²) in [6.45, 7) is 4.44. The lowest BCUT2D eigenvalue weighted by atomic mass is 10.1. The van der Waals surface area contributed by atoms with Gasteiger partial charge in [0.15, 0.2) is 0 Å². The maximum Gasteiger partial charge on any atom is 0.120 e. The molecule has 0 saturated heterocycles. The molecule has 0 amide bonds. The second kappa shape index (κ2) is 7.47. The molecule has 0 atom stereocenters. The van der Waals surface area contributed by atoms with E-state index in [4.69, 9.17) is 10.00 Å². The summed E-state index contributed by atoms with van der Waals surface area (Å²) in [4.78, 5) is 2.22. The Morgan fingerprint density at radius 3 is 2.62 bits per heavy atom. The van der Waals surface area contributed by atoms with Gasteiger partial charge in [-0.15, -0.1) is 0 Å². The van der Waals surface area contributed by atoms with Crippen molar-refractivity contribution in [3.63, 3.8) is 0 Å². The standard InChI is InChI=1S/C18H20N2O/c1-15-6-8-16(9-7-15)14-20(2)10-11-21-18-5-3-4-17(12-18)13-19/h3-9,12H,10-11,14H2,1-2H3. The highest BCUT2D eigenvalue weighted by Crippen LogP contribution is 2.12. The van der Waals surface area contributed by atoms with Crippen LogP contribution in [0.3, 0.4) is 0 Å². The van der Waals surface area contributed by atoms with Gasteiger partial charge >= 0.3 is 0 Å². The number of likely N-dealkylation sites (N-methyl/N-ethyl adjacent to an activating group) is 1. The lowest BCUT2D eigenvalue weighted by Gasteiger charge is -2.17. The van der Waals surface area contributed by atoms with Crippen LogP contribution in [-0.2, 0) is 6.54 Å². The van der Waals surface area contributed by atoms with Crippen molar-refractivity contribution in [2.24, 2.45) is 0 Å². The third-order valence-electron chi connectivity index (χ3n) is 3.28. The molecule has 2 rings (SSSR count). The van der Waals surface area contributed by atoms with Crippen LogP contribution in [0.25, 0.3) is 0 Å². The maximum atomic E-state index is 8.85. The van der Waals surface area contributed by atoms with Crippen LogP contribution in [0.4, 0.5) is 0 Å². The van der Waals surface area contributed by atoms with E-state index >= 15 is 0 Å². The van der Waals surface area contributed by atoms with E-state index in [0.717, 1.165) is 18.8 Å². The SMILES string of the molecule is Cc1ccc(CN(C)CCOc2cccc(C#N)c2)cc1. The number of rotatable bonds is 6. The first-order valence-corrected chi connectivity index (χ1v) is 7.04. The number of nitrogens with zero attached hydrogens (tertiary/aromatic N) is 2. The quantitative estimate of drug-likeness (QED) is 0.814. The van der Waals surface area contributed by atoms with Gasteiger partial charge in [0.1, 0.15) is 12.4 Å². The molecule has 0 unspecified atom stereocenters. The molecule has 0 aliphatic rings. The van der Waals surface area contributed by atoms with Crippen LogP contribution in [0.2, 0.25) is 0 Å². The predicted molar refractivity (Wildman–Crippen MR) is 84.2 cm³/mol. The van der Waals surface area contributed by atoms with Gasteiger partial charge in [0.05, 0.1) is 11.6 Å². The zero-order valence-electron chi connectivity index (χ0n) is 12.5. The van der Waals surface area contributed by atoms with E-state index < -0.39 is 0 Å². The molecule has 0 spiro atoms. The van der Waals surface area contributed by atoms with Crippen molar-refractivity contribution in [1.29, 1.82) is 5.26 Å². The fraction of sp³-hybridized carbons (Fsp3) is 0.278. The number of nitriles is 1. The van der Waals surface area contributed by atoms with E-state index in [0.29, 0.717) is 12.2 Å². The van der Waals surface area contributed by atoms with E-state index in [-0.39, 0.29) is 0 Å². The molecule has 0 aromatic heterocycles. The Labute approximate surface area is 126 Å². The van der Waals surface area contributed by atoms with Gasteiger partial charge in [0.25, 0.3) is 0 Å². The molecule has 108 valence electrons. The highest BCUT2D eigenvalue weighted by atomic mass is 16.5. The van der Waals surface area contributed by atoms with E-state index in [9.17, 15) is 0 Å². The summed E-state index contributed by atoms with van der Waals surface area (Å²) in [5.74, 6) is 0.748. The fourth-order valence-electron chi connectivity index (χ4n) is 2.06. The van der Waals surface area contributed by atoms with Gasteiger partial charge < -0.3 is 4.74 Å². The van der Waals surface area contributed by atoms with E-state index in [1.165, 1.54) is 11.1 Å². The Hall–Kier alpha value is -2.31. The number of ether oxygens (including phenoxy) is 1. The molecule has 2 aromatic carbocycles. The Morgan fingerprint density at radius 2 is 1.90 bits per heavy atom. The molecule has 3 nitrogen and oxygen atoms in total. The molecule has 2 aromatic rings. The third kappa shape index (κ3) is 4.94. The molecule has 0 aliphatic heterocycles. The van der Waals surface area contributed by atoms with Crippen molar-refractivity contribution >= 4 is 0 Å². The average molecular weight is 280 g/mol. The second-order valence-electron chi connectivity index (χ2n) is 5.21.